The first-order valence-corrected chi connectivity index (χ1v) is 7.34. The van der Waals surface area contributed by atoms with Crippen molar-refractivity contribution in [2.45, 2.75) is 54.0 Å². The maximum atomic E-state index is 11.9. The topological polar surface area (TPSA) is 75.1 Å². The summed E-state index contributed by atoms with van der Waals surface area (Å²) in [5.74, 6) is 0.872. The van der Waals surface area contributed by atoms with Crippen LogP contribution in [-0.4, -0.2) is 14.7 Å². The van der Waals surface area contributed by atoms with Gasteiger partial charge in [-0.05, 0) is 24.2 Å². The number of nitrogens with one attached hydrogen (secondary N) is 1. The van der Waals surface area contributed by atoms with Gasteiger partial charge in [-0.3, -0.25) is 14.3 Å². The second-order valence-corrected chi connectivity index (χ2v) is 6.07. The van der Waals surface area contributed by atoms with Crippen molar-refractivity contribution in [3.8, 4) is 5.88 Å². The second-order valence-electron chi connectivity index (χ2n) is 6.07. The fourth-order valence-electron chi connectivity index (χ4n) is 2.65. The molecular weight excluding hydrogens is 256 g/mol. The van der Waals surface area contributed by atoms with E-state index in [2.05, 4.69) is 32.7 Å². The Labute approximate surface area is 119 Å². The summed E-state index contributed by atoms with van der Waals surface area (Å²) in [5.41, 5.74) is -0.701. The molecule has 5 nitrogen and oxygen atoms in total. The minimum Gasteiger partial charge on any atom is -0.494 e. The van der Waals surface area contributed by atoms with Gasteiger partial charge in [0, 0.05) is 6.54 Å². The number of hydrogen-bond donors (Lipinski definition) is 2. The molecule has 5 heteroatoms. The van der Waals surface area contributed by atoms with Gasteiger partial charge in [0.1, 0.15) is 0 Å². The maximum absolute atomic E-state index is 11.9. The molecule has 20 heavy (non-hydrogen) atoms. The predicted octanol–water partition coefficient (Wildman–Crippen LogP) is 2.12. The highest BCUT2D eigenvalue weighted by Gasteiger charge is 2.22. The van der Waals surface area contributed by atoms with Crippen LogP contribution in [0.2, 0.25) is 0 Å². The molecule has 0 aliphatic heterocycles. The smallest absolute Gasteiger partial charge is 0.331 e. The van der Waals surface area contributed by atoms with Crippen molar-refractivity contribution in [2.24, 2.45) is 17.8 Å². The summed E-state index contributed by atoms with van der Waals surface area (Å²) in [6, 6.07) is 0. The molecule has 0 aromatic carbocycles. The van der Waals surface area contributed by atoms with Crippen LogP contribution in [0.15, 0.2) is 9.59 Å². The van der Waals surface area contributed by atoms with Crippen LogP contribution in [-0.2, 0) is 13.0 Å². The highest BCUT2D eigenvalue weighted by atomic mass is 16.3. The van der Waals surface area contributed by atoms with Gasteiger partial charge in [0.15, 0.2) is 0 Å². The van der Waals surface area contributed by atoms with Gasteiger partial charge >= 0.3 is 5.69 Å². The van der Waals surface area contributed by atoms with Crippen molar-refractivity contribution in [3.05, 3.63) is 26.4 Å². The fraction of sp³-hybridized carbons (Fsp3) is 0.733. The van der Waals surface area contributed by atoms with Crippen molar-refractivity contribution < 1.29 is 5.11 Å². The lowest BCUT2D eigenvalue weighted by Gasteiger charge is -2.26. The Bertz CT molecular complexity index is 547. The van der Waals surface area contributed by atoms with Crippen LogP contribution >= 0.6 is 0 Å². The van der Waals surface area contributed by atoms with Gasteiger partial charge in [-0.1, -0.05) is 41.0 Å². The maximum Gasteiger partial charge on any atom is 0.331 e. The zero-order valence-electron chi connectivity index (χ0n) is 13.1. The van der Waals surface area contributed by atoms with Gasteiger partial charge in [0.2, 0.25) is 5.88 Å². The van der Waals surface area contributed by atoms with Crippen molar-refractivity contribution in [2.75, 3.05) is 0 Å². The van der Waals surface area contributed by atoms with Gasteiger partial charge in [-0.25, -0.2) is 4.79 Å². The van der Waals surface area contributed by atoms with E-state index >= 15 is 0 Å². The molecule has 0 aliphatic rings. The van der Waals surface area contributed by atoms with E-state index in [1.54, 1.807) is 0 Å². The van der Waals surface area contributed by atoms with E-state index in [0.29, 0.717) is 30.4 Å². The zero-order chi connectivity index (χ0) is 15.4. The third-order valence-corrected chi connectivity index (χ3v) is 3.87. The minimum absolute atomic E-state index is 0.174. The highest BCUT2D eigenvalue weighted by Crippen LogP contribution is 2.24. The fourth-order valence-corrected chi connectivity index (χ4v) is 2.65. The Kier molecular flexibility index (Phi) is 5.60. The number of hydrogen-bond acceptors (Lipinski definition) is 3. The Balaban J connectivity index is 3.28. The molecular formula is C15H26N2O3. The number of rotatable bonds is 6. The van der Waals surface area contributed by atoms with Crippen molar-refractivity contribution >= 4 is 0 Å². The molecule has 1 aromatic heterocycles. The number of aromatic nitrogens is 2. The Morgan fingerprint density at radius 3 is 2.15 bits per heavy atom. The Morgan fingerprint density at radius 1 is 1.15 bits per heavy atom. The minimum atomic E-state index is -0.529. The lowest BCUT2D eigenvalue weighted by Crippen LogP contribution is -2.35. The van der Waals surface area contributed by atoms with Gasteiger partial charge in [-0.15, -0.1) is 0 Å². The average Bonchev–Trinajstić information content (AvgIpc) is 2.33. The zero-order valence-corrected chi connectivity index (χ0v) is 13.1. The van der Waals surface area contributed by atoms with Gasteiger partial charge in [0.05, 0.1) is 5.56 Å². The Morgan fingerprint density at radius 2 is 1.70 bits per heavy atom. The second kappa shape index (κ2) is 6.77. The van der Waals surface area contributed by atoms with Crippen LogP contribution in [0.1, 0.15) is 46.6 Å². The van der Waals surface area contributed by atoms with Crippen molar-refractivity contribution in [1.29, 1.82) is 0 Å². The first-order chi connectivity index (χ1) is 9.29. The number of H-pyrrole nitrogens is 1. The van der Waals surface area contributed by atoms with Crippen molar-refractivity contribution in [3.63, 3.8) is 0 Å². The van der Waals surface area contributed by atoms with Crippen LogP contribution in [0.3, 0.4) is 0 Å². The molecule has 1 heterocycles. The molecule has 0 bridgehead atoms. The average molecular weight is 282 g/mol. The third kappa shape index (κ3) is 3.52. The largest absolute Gasteiger partial charge is 0.494 e. The summed E-state index contributed by atoms with van der Waals surface area (Å²) < 4.78 is 1.30. The lowest BCUT2D eigenvalue weighted by molar-refractivity contribution is 0.235. The number of aromatic hydroxyl groups is 1. The van der Waals surface area contributed by atoms with Crippen LogP contribution in [0.25, 0.3) is 0 Å². The van der Waals surface area contributed by atoms with E-state index in [0.717, 1.165) is 6.42 Å². The highest BCUT2D eigenvalue weighted by molar-refractivity contribution is 5.22. The molecule has 0 spiro atoms. The summed E-state index contributed by atoms with van der Waals surface area (Å²) in [5, 5.41) is 10.2. The van der Waals surface area contributed by atoms with Crippen LogP contribution < -0.4 is 11.2 Å². The molecule has 114 valence electrons. The molecule has 0 amide bonds. The van der Waals surface area contributed by atoms with Crippen LogP contribution in [0.5, 0.6) is 5.88 Å². The first-order valence-electron chi connectivity index (χ1n) is 7.34. The van der Waals surface area contributed by atoms with Crippen LogP contribution in [0.4, 0.5) is 0 Å². The van der Waals surface area contributed by atoms with Crippen molar-refractivity contribution in [1.82, 2.24) is 9.55 Å². The molecule has 0 unspecified atom stereocenters. The SMILES string of the molecule is CCCc1c(O)n(CC(C(C)C)C(C)C)c(=O)[nH]c1=O. The lowest BCUT2D eigenvalue weighted by atomic mass is 9.85. The monoisotopic (exact) mass is 282 g/mol. The predicted molar refractivity (Wildman–Crippen MR) is 80.1 cm³/mol. The summed E-state index contributed by atoms with van der Waals surface area (Å²) in [7, 11) is 0. The van der Waals surface area contributed by atoms with Gasteiger partial charge < -0.3 is 5.11 Å². The van der Waals surface area contributed by atoms with Crippen LogP contribution in [0, 0.1) is 17.8 Å². The molecule has 0 fully saturated rings. The molecule has 0 atom stereocenters. The molecule has 1 aromatic rings. The van der Waals surface area contributed by atoms with Gasteiger partial charge in [0.25, 0.3) is 5.56 Å². The molecule has 1 rings (SSSR count). The summed E-state index contributed by atoms with van der Waals surface area (Å²) in [6.07, 6.45) is 1.21. The third-order valence-electron chi connectivity index (χ3n) is 3.87. The normalized spacial score (nSPS) is 11.8. The standard InChI is InChI=1S/C15H26N2O3/c1-6-7-11-13(18)16-15(20)17(14(11)19)8-12(9(2)3)10(4)5/h9-10,12,19H,6-8H2,1-5H3,(H,16,18,20). The van der Waals surface area contributed by atoms with E-state index in [9.17, 15) is 14.7 Å². The summed E-state index contributed by atoms with van der Waals surface area (Å²) in [4.78, 5) is 26.0. The molecule has 0 radical (unpaired) electrons. The van der Waals surface area contributed by atoms with E-state index in [-0.39, 0.29) is 11.8 Å². The summed E-state index contributed by atoms with van der Waals surface area (Å²) in [6.45, 7) is 10.8. The van der Waals surface area contributed by atoms with E-state index in [1.807, 2.05) is 6.92 Å². The number of nitrogens with zero attached hydrogens (tertiary/aromatic N) is 1. The van der Waals surface area contributed by atoms with Gasteiger partial charge in [-0.2, -0.15) is 0 Å². The first kappa shape index (κ1) is 16.5. The number of aromatic amines is 1. The van der Waals surface area contributed by atoms with E-state index in [4.69, 9.17) is 0 Å². The molecule has 0 saturated heterocycles. The Hall–Kier alpha value is -1.52. The van der Waals surface area contributed by atoms with E-state index in [1.165, 1.54) is 4.57 Å². The summed E-state index contributed by atoms with van der Waals surface area (Å²) >= 11 is 0. The molecule has 0 aliphatic carbocycles. The van der Waals surface area contributed by atoms with E-state index < -0.39 is 11.2 Å². The molecule has 0 saturated carbocycles. The molecule has 2 N–H and O–H groups in total. The quantitative estimate of drug-likeness (QED) is 0.839.